The van der Waals surface area contributed by atoms with Gasteiger partial charge in [0.25, 0.3) is 0 Å². The van der Waals surface area contributed by atoms with E-state index in [1.165, 1.54) is 64.3 Å². The van der Waals surface area contributed by atoms with Gasteiger partial charge >= 0.3 is 0 Å². The van der Waals surface area contributed by atoms with Crippen molar-refractivity contribution >= 4 is 0 Å². The summed E-state index contributed by atoms with van der Waals surface area (Å²) in [6, 6.07) is 0.738. The molecule has 0 bridgehead atoms. The molecule has 0 aliphatic carbocycles. The first kappa shape index (κ1) is 12.3. The Morgan fingerprint density at radius 3 is 2.50 bits per heavy atom. The average molecular weight is 226 g/mol. The highest BCUT2D eigenvalue weighted by atomic mass is 15.8. The molecule has 4 nitrogen and oxygen atoms in total. The maximum absolute atomic E-state index is 3.31. The zero-order chi connectivity index (χ0) is 11.1. The molecule has 1 atom stereocenters. The molecule has 0 spiro atoms. The van der Waals surface area contributed by atoms with Gasteiger partial charge < -0.3 is 0 Å². The molecule has 0 radical (unpaired) electrons. The Kier molecular flexibility index (Phi) is 5.55. The molecule has 2 aliphatic heterocycles. The average Bonchev–Trinajstić information content (AvgIpc) is 2.30. The molecule has 4 heteroatoms. The molecule has 2 fully saturated rings. The first-order valence-corrected chi connectivity index (χ1v) is 6.97. The molecule has 1 unspecified atom stereocenters. The SMILES string of the molecule is C1CCCNNNN2CCCCC2CCC1. The molecule has 94 valence electrons. The van der Waals surface area contributed by atoms with Gasteiger partial charge in [0.2, 0.25) is 0 Å². The van der Waals surface area contributed by atoms with E-state index in [-0.39, 0.29) is 0 Å². The molecule has 16 heavy (non-hydrogen) atoms. The van der Waals surface area contributed by atoms with Crippen LogP contribution in [-0.4, -0.2) is 24.1 Å². The van der Waals surface area contributed by atoms with Crippen LogP contribution in [-0.2, 0) is 0 Å². The van der Waals surface area contributed by atoms with Crippen LogP contribution in [0.1, 0.15) is 57.8 Å². The van der Waals surface area contributed by atoms with E-state index in [1.54, 1.807) is 0 Å². The second kappa shape index (κ2) is 7.22. The minimum Gasteiger partial charge on any atom is -0.243 e. The van der Waals surface area contributed by atoms with Crippen molar-refractivity contribution in [1.82, 2.24) is 21.5 Å². The highest BCUT2D eigenvalue weighted by Crippen LogP contribution is 2.20. The first-order valence-electron chi connectivity index (χ1n) is 6.97. The summed E-state index contributed by atoms with van der Waals surface area (Å²) in [5.41, 5.74) is 9.67. The zero-order valence-corrected chi connectivity index (χ0v) is 10.3. The maximum Gasteiger partial charge on any atom is 0.0257 e. The fraction of sp³-hybridized carbons (Fsp3) is 1.00. The van der Waals surface area contributed by atoms with Gasteiger partial charge in [-0.2, -0.15) is 11.1 Å². The molecule has 0 aromatic carbocycles. The van der Waals surface area contributed by atoms with E-state index in [0.29, 0.717) is 0 Å². The van der Waals surface area contributed by atoms with Crippen LogP contribution in [0.4, 0.5) is 0 Å². The van der Waals surface area contributed by atoms with Gasteiger partial charge in [0, 0.05) is 19.1 Å². The molecule has 0 saturated carbocycles. The first-order chi connectivity index (χ1) is 7.97. The third-order valence-electron chi connectivity index (χ3n) is 3.75. The number of nitrogens with one attached hydrogen (secondary N) is 3. The number of hydrogen-bond acceptors (Lipinski definition) is 4. The Bertz CT molecular complexity index is 166. The van der Waals surface area contributed by atoms with Crippen LogP contribution in [0, 0.1) is 0 Å². The van der Waals surface area contributed by atoms with E-state index in [1.807, 2.05) is 0 Å². The Morgan fingerprint density at radius 1 is 0.812 bits per heavy atom. The van der Waals surface area contributed by atoms with E-state index < -0.39 is 0 Å². The summed E-state index contributed by atoms with van der Waals surface area (Å²) in [4.78, 5) is 0. The molecule has 2 heterocycles. The summed E-state index contributed by atoms with van der Waals surface area (Å²) in [6.45, 7) is 2.24. The van der Waals surface area contributed by atoms with E-state index >= 15 is 0 Å². The Hall–Kier alpha value is -0.160. The van der Waals surface area contributed by atoms with Crippen molar-refractivity contribution in [2.75, 3.05) is 13.1 Å². The Labute approximate surface area is 99.1 Å². The fourth-order valence-electron chi connectivity index (χ4n) is 2.75. The predicted molar refractivity (Wildman–Crippen MR) is 66.3 cm³/mol. The lowest BCUT2D eigenvalue weighted by Crippen LogP contribution is -2.58. The number of hydrogen-bond donors (Lipinski definition) is 3. The standard InChI is InChI=1S/C12H26N4/c1-2-4-8-12-9-5-7-11-16(12)15-14-13-10-6-3-1/h12-15H,1-11H2. The highest BCUT2D eigenvalue weighted by molar-refractivity contribution is 4.73. The maximum atomic E-state index is 3.31. The molecule has 0 aromatic heterocycles. The summed E-state index contributed by atoms with van der Waals surface area (Å²) < 4.78 is 0. The van der Waals surface area contributed by atoms with Gasteiger partial charge in [-0.1, -0.05) is 32.1 Å². The van der Waals surface area contributed by atoms with Crippen molar-refractivity contribution in [3.8, 4) is 0 Å². The topological polar surface area (TPSA) is 39.3 Å². The molecule has 0 aromatic rings. The third-order valence-corrected chi connectivity index (χ3v) is 3.75. The number of piperidine rings is 1. The van der Waals surface area contributed by atoms with E-state index in [4.69, 9.17) is 0 Å². The van der Waals surface area contributed by atoms with Crippen LogP contribution < -0.4 is 16.5 Å². The van der Waals surface area contributed by atoms with Gasteiger partial charge in [-0.15, -0.1) is 0 Å². The number of rotatable bonds is 0. The van der Waals surface area contributed by atoms with Crippen LogP contribution in [0.2, 0.25) is 0 Å². The largest absolute Gasteiger partial charge is 0.243 e. The fourth-order valence-corrected chi connectivity index (χ4v) is 2.75. The van der Waals surface area contributed by atoms with Gasteiger partial charge in [-0.05, 0) is 25.7 Å². The lowest BCUT2D eigenvalue weighted by atomic mass is 9.98. The van der Waals surface area contributed by atoms with Crippen LogP contribution in [0.3, 0.4) is 0 Å². The summed E-state index contributed by atoms with van der Waals surface area (Å²) >= 11 is 0. The number of nitrogens with zero attached hydrogens (tertiary/aromatic N) is 1. The predicted octanol–water partition coefficient (Wildman–Crippen LogP) is 1.71. The summed E-state index contributed by atoms with van der Waals surface area (Å²) in [6.07, 6.45) is 12.3. The third kappa shape index (κ3) is 4.01. The van der Waals surface area contributed by atoms with E-state index in [9.17, 15) is 0 Å². The van der Waals surface area contributed by atoms with Crippen molar-refractivity contribution in [3.63, 3.8) is 0 Å². The van der Waals surface area contributed by atoms with Crippen molar-refractivity contribution in [3.05, 3.63) is 0 Å². The molecule has 3 N–H and O–H groups in total. The smallest absolute Gasteiger partial charge is 0.0257 e. The van der Waals surface area contributed by atoms with Crippen LogP contribution >= 0.6 is 0 Å². The van der Waals surface area contributed by atoms with Crippen LogP contribution in [0.5, 0.6) is 0 Å². The van der Waals surface area contributed by atoms with Gasteiger partial charge in [0.05, 0.1) is 0 Å². The van der Waals surface area contributed by atoms with E-state index in [2.05, 4.69) is 21.5 Å². The quantitative estimate of drug-likeness (QED) is 0.588. The minimum atomic E-state index is 0.738. The van der Waals surface area contributed by atoms with Gasteiger partial charge in [0.15, 0.2) is 0 Å². The second-order valence-corrected chi connectivity index (χ2v) is 5.06. The Morgan fingerprint density at radius 2 is 1.56 bits per heavy atom. The van der Waals surface area contributed by atoms with Crippen molar-refractivity contribution < 1.29 is 0 Å². The Balaban J connectivity index is 1.79. The zero-order valence-electron chi connectivity index (χ0n) is 10.3. The molecule has 2 saturated heterocycles. The van der Waals surface area contributed by atoms with Gasteiger partial charge in [-0.25, -0.2) is 10.4 Å². The lowest BCUT2D eigenvalue weighted by Gasteiger charge is -2.36. The van der Waals surface area contributed by atoms with Gasteiger partial charge in [0.1, 0.15) is 0 Å². The molecule has 0 amide bonds. The monoisotopic (exact) mass is 226 g/mol. The van der Waals surface area contributed by atoms with E-state index in [0.717, 1.165) is 12.6 Å². The van der Waals surface area contributed by atoms with Gasteiger partial charge in [-0.3, -0.25) is 0 Å². The van der Waals surface area contributed by atoms with Crippen molar-refractivity contribution in [2.45, 2.75) is 63.8 Å². The number of hydrazine groups is 3. The van der Waals surface area contributed by atoms with Crippen LogP contribution in [0.25, 0.3) is 0 Å². The summed E-state index contributed by atoms with van der Waals surface area (Å²) in [5.74, 6) is 0. The van der Waals surface area contributed by atoms with Crippen LogP contribution in [0.15, 0.2) is 0 Å². The summed E-state index contributed by atoms with van der Waals surface area (Å²) in [5, 5.41) is 2.39. The minimum absolute atomic E-state index is 0.738. The van der Waals surface area contributed by atoms with Crippen molar-refractivity contribution in [1.29, 1.82) is 0 Å². The lowest BCUT2D eigenvalue weighted by molar-refractivity contribution is 0.0463. The molecule has 2 aliphatic rings. The second-order valence-electron chi connectivity index (χ2n) is 5.06. The normalized spacial score (nSPS) is 31.1. The number of fused-ring (bicyclic) bond motifs is 1. The molecular weight excluding hydrogens is 200 g/mol. The molecular formula is C12H26N4. The summed E-state index contributed by atoms with van der Waals surface area (Å²) in [7, 11) is 0. The van der Waals surface area contributed by atoms with Crippen molar-refractivity contribution in [2.24, 2.45) is 0 Å². The highest BCUT2D eigenvalue weighted by Gasteiger charge is 2.21. The molecule has 2 rings (SSSR count).